The van der Waals surface area contributed by atoms with Crippen LogP contribution >= 0.6 is 0 Å². The normalized spacial score (nSPS) is 24.0. The first-order valence-corrected chi connectivity index (χ1v) is 4.77. The maximum absolute atomic E-state index is 11.7. The Labute approximate surface area is 84.1 Å². The van der Waals surface area contributed by atoms with E-state index in [9.17, 15) is 9.59 Å². The summed E-state index contributed by atoms with van der Waals surface area (Å²) in [6.45, 7) is 5.51. The Morgan fingerprint density at radius 3 is 2.43 bits per heavy atom. The second-order valence-corrected chi connectivity index (χ2v) is 3.89. The summed E-state index contributed by atoms with van der Waals surface area (Å²) < 4.78 is 4.63. The summed E-state index contributed by atoms with van der Waals surface area (Å²) in [6, 6.07) is 0. The quantitative estimate of drug-likeness (QED) is 0.631. The summed E-state index contributed by atoms with van der Waals surface area (Å²) in [5.74, 6) is -0.742. The first-order valence-electron chi connectivity index (χ1n) is 4.77. The van der Waals surface area contributed by atoms with Crippen molar-refractivity contribution in [3.63, 3.8) is 0 Å². The molecule has 1 rings (SSSR count). The molecule has 3 nitrogen and oxygen atoms in total. The van der Waals surface area contributed by atoms with Gasteiger partial charge in [0.2, 0.25) is 0 Å². The number of hydrogen-bond acceptors (Lipinski definition) is 3. The number of ketones is 1. The Morgan fingerprint density at radius 1 is 1.50 bits per heavy atom. The van der Waals surface area contributed by atoms with Crippen molar-refractivity contribution >= 4 is 11.8 Å². The van der Waals surface area contributed by atoms with Crippen molar-refractivity contribution < 1.29 is 14.3 Å². The Bertz CT molecular complexity index is 302. The highest BCUT2D eigenvalue weighted by atomic mass is 16.5. The number of carbonyl (C=O) groups is 2. The zero-order valence-corrected chi connectivity index (χ0v) is 9.09. The van der Waals surface area contributed by atoms with Crippen molar-refractivity contribution in [3.05, 3.63) is 11.1 Å². The summed E-state index contributed by atoms with van der Waals surface area (Å²) >= 11 is 0. The van der Waals surface area contributed by atoms with Crippen LogP contribution in [-0.2, 0) is 14.3 Å². The Balaban J connectivity index is 2.76. The van der Waals surface area contributed by atoms with Crippen molar-refractivity contribution in [2.75, 3.05) is 7.11 Å². The second kappa shape index (κ2) is 3.95. The summed E-state index contributed by atoms with van der Waals surface area (Å²) in [5.41, 5.74) is 1.90. The first kappa shape index (κ1) is 11.0. The highest BCUT2D eigenvalue weighted by molar-refractivity contribution is 6.02. The molecule has 0 N–H and O–H groups in total. The minimum absolute atomic E-state index is 0.0976. The highest BCUT2D eigenvalue weighted by Crippen LogP contribution is 2.33. The summed E-state index contributed by atoms with van der Waals surface area (Å²) in [7, 11) is 1.35. The van der Waals surface area contributed by atoms with Gasteiger partial charge in [0.05, 0.1) is 13.0 Å². The molecule has 14 heavy (non-hydrogen) atoms. The van der Waals surface area contributed by atoms with Crippen LogP contribution in [0, 0.1) is 11.8 Å². The van der Waals surface area contributed by atoms with E-state index in [0.29, 0.717) is 6.42 Å². The molecule has 0 aromatic rings. The van der Waals surface area contributed by atoms with Gasteiger partial charge < -0.3 is 4.74 Å². The van der Waals surface area contributed by atoms with Crippen LogP contribution in [0.25, 0.3) is 0 Å². The zero-order valence-electron chi connectivity index (χ0n) is 9.09. The topological polar surface area (TPSA) is 43.4 Å². The monoisotopic (exact) mass is 196 g/mol. The molecule has 0 radical (unpaired) electrons. The maximum atomic E-state index is 11.7. The lowest BCUT2D eigenvalue weighted by atomic mass is 9.90. The van der Waals surface area contributed by atoms with Gasteiger partial charge in [0.1, 0.15) is 0 Å². The molecule has 2 unspecified atom stereocenters. The Morgan fingerprint density at radius 2 is 2.07 bits per heavy atom. The van der Waals surface area contributed by atoms with Gasteiger partial charge in [-0.25, -0.2) is 0 Å². The average molecular weight is 196 g/mol. The van der Waals surface area contributed by atoms with Crippen LogP contribution in [0.4, 0.5) is 0 Å². The third kappa shape index (κ3) is 1.72. The minimum Gasteiger partial charge on any atom is -0.469 e. The van der Waals surface area contributed by atoms with E-state index in [0.717, 1.165) is 11.1 Å². The predicted molar refractivity (Wildman–Crippen MR) is 52.7 cm³/mol. The van der Waals surface area contributed by atoms with E-state index in [1.54, 1.807) is 6.92 Å². The number of methoxy groups -OCH3 is 1. The van der Waals surface area contributed by atoms with Crippen molar-refractivity contribution in [3.8, 4) is 0 Å². The van der Waals surface area contributed by atoms with Crippen LogP contribution in [0.5, 0.6) is 0 Å². The fourth-order valence-corrected chi connectivity index (χ4v) is 1.82. The van der Waals surface area contributed by atoms with Crippen LogP contribution in [0.2, 0.25) is 0 Å². The molecular weight excluding hydrogens is 180 g/mol. The minimum atomic E-state index is -0.333. The average Bonchev–Trinajstić information content (AvgIpc) is 2.43. The van der Waals surface area contributed by atoms with Gasteiger partial charge in [0.25, 0.3) is 0 Å². The third-order valence-electron chi connectivity index (χ3n) is 3.05. The molecule has 0 saturated heterocycles. The predicted octanol–water partition coefficient (Wildman–Crippen LogP) is 1.72. The molecule has 0 saturated carbocycles. The molecule has 0 amide bonds. The first-order chi connectivity index (χ1) is 6.49. The molecule has 0 aromatic heterocycles. The van der Waals surface area contributed by atoms with Crippen LogP contribution in [0.3, 0.4) is 0 Å². The number of esters is 1. The number of ether oxygens (including phenoxy) is 1. The fraction of sp³-hybridized carbons (Fsp3) is 0.636. The van der Waals surface area contributed by atoms with Gasteiger partial charge in [-0.1, -0.05) is 12.5 Å². The highest BCUT2D eigenvalue weighted by Gasteiger charge is 2.36. The van der Waals surface area contributed by atoms with E-state index in [4.69, 9.17) is 0 Å². The summed E-state index contributed by atoms with van der Waals surface area (Å²) in [4.78, 5) is 23.0. The van der Waals surface area contributed by atoms with Crippen molar-refractivity contribution in [1.82, 2.24) is 0 Å². The number of rotatable bonds is 2. The van der Waals surface area contributed by atoms with Gasteiger partial charge >= 0.3 is 5.97 Å². The molecule has 0 aromatic carbocycles. The Kier molecular flexibility index (Phi) is 3.09. The van der Waals surface area contributed by atoms with Crippen LogP contribution < -0.4 is 0 Å². The van der Waals surface area contributed by atoms with E-state index in [1.807, 2.05) is 13.8 Å². The number of hydrogen-bond donors (Lipinski definition) is 0. The van der Waals surface area contributed by atoms with E-state index in [2.05, 4.69) is 4.74 Å². The number of allylic oxidation sites excluding steroid dienone is 2. The van der Waals surface area contributed by atoms with Gasteiger partial charge in [-0.2, -0.15) is 0 Å². The second-order valence-electron chi connectivity index (χ2n) is 3.89. The number of carbonyl (C=O) groups excluding carboxylic acids is 2. The van der Waals surface area contributed by atoms with Crippen molar-refractivity contribution in [2.45, 2.75) is 27.2 Å². The lowest BCUT2D eigenvalue weighted by molar-refractivity contribution is -0.148. The Hall–Kier alpha value is -1.12. The van der Waals surface area contributed by atoms with Crippen molar-refractivity contribution in [2.24, 2.45) is 11.8 Å². The molecule has 78 valence electrons. The van der Waals surface area contributed by atoms with Gasteiger partial charge in [0.15, 0.2) is 5.78 Å². The molecule has 0 aliphatic heterocycles. The molecule has 1 aliphatic rings. The van der Waals surface area contributed by atoms with E-state index in [-0.39, 0.29) is 23.6 Å². The number of Topliss-reactive ketones (excluding diaryl/α,β-unsaturated/α-hetero) is 1. The van der Waals surface area contributed by atoms with Gasteiger partial charge in [-0.3, -0.25) is 9.59 Å². The molecular formula is C11H16O3. The molecule has 3 heteroatoms. The van der Waals surface area contributed by atoms with Crippen LogP contribution in [-0.4, -0.2) is 18.9 Å². The SMILES string of the molecule is COC(=O)C(C)C1CC(C)=C(C)C1=O. The molecule has 0 heterocycles. The van der Waals surface area contributed by atoms with Gasteiger partial charge in [0, 0.05) is 5.92 Å². The lowest BCUT2D eigenvalue weighted by Crippen LogP contribution is -2.26. The van der Waals surface area contributed by atoms with Gasteiger partial charge in [-0.05, 0) is 25.8 Å². The largest absolute Gasteiger partial charge is 0.469 e. The molecule has 0 fully saturated rings. The van der Waals surface area contributed by atoms with E-state index < -0.39 is 0 Å². The summed E-state index contributed by atoms with van der Waals surface area (Å²) in [6.07, 6.45) is 0.695. The third-order valence-corrected chi connectivity index (χ3v) is 3.05. The summed E-state index contributed by atoms with van der Waals surface area (Å²) in [5, 5.41) is 0. The maximum Gasteiger partial charge on any atom is 0.309 e. The zero-order chi connectivity index (χ0) is 10.9. The standard InChI is InChI=1S/C11H16O3/c1-6-5-9(10(12)7(6)2)8(3)11(13)14-4/h8-9H,5H2,1-4H3. The smallest absolute Gasteiger partial charge is 0.309 e. The fourth-order valence-electron chi connectivity index (χ4n) is 1.82. The van der Waals surface area contributed by atoms with Crippen LogP contribution in [0.1, 0.15) is 27.2 Å². The van der Waals surface area contributed by atoms with E-state index in [1.165, 1.54) is 7.11 Å². The molecule has 1 aliphatic carbocycles. The lowest BCUT2D eigenvalue weighted by Gasteiger charge is -2.15. The molecule has 0 spiro atoms. The van der Waals surface area contributed by atoms with E-state index >= 15 is 0 Å². The van der Waals surface area contributed by atoms with Crippen LogP contribution in [0.15, 0.2) is 11.1 Å². The van der Waals surface area contributed by atoms with Crippen molar-refractivity contribution in [1.29, 1.82) is 0 Å². The molecule has 0 bridgehead atoms. The van der Waals surface area contributed by atoms with Gasteiger partial charge in [-0.15, -0.1) is 0 Å². The molecule has 2 atom stereocenters.